The van der Waals surface area contributed by atoms with E-state index in [4.69, 9.17) is 0 Å². The summed E-state index contributed by atoms with van der Waals surface area (Å²) in [5.41, 5.74) is 0. The van der Waals surface area contributed by atoms with E-state index in [0.29, 0.717) is 12.5 Å². The number of ketones is 1. The molecule has 0 fully saturated rings. The normalized spacial score (nSPS) is 11.6. The van der Waals surface area contributed by atoms with Gasteiger partial charge in [0.2, 0.25) is 6.05 Å². The highest BCUT2D eigenvalue weighted by molar-refractivity contribution is 6.36. The van der Waals surface area contributed by atoms with Crippen molar-refractivity contribution < 1.29 is 13.6 Å². The predicted octanol–water partition coefficient (Wildman–Crippen LogP) is 1.56. The highest BCUT2D eigenvalue weighted by atomic mass is 28.2. The Morgan fingerprint density at radius 3 is 2.55 bits per heavy atom. The Labute approximate surface area is 68.0 Å². The number of carbonyl (C=O) groups is 1. The van der Waals surface area contributed by atoms with Gasteiger partial charge < -0.3 is 4.79 Å². The molecule has 0 N–H and O–H groups in total. The van der Waals surface area contributed by atoms with E-state index in [0.717, 1.165) is 12.8 Å². The van der Waals surface area contributed by atoms with Crippen LogP contribution >= 0.6 is 0 Å². The Kier molecular flexibility index (Phi) is 6.31. The van der Waals surface area contributed by atoms with Crippen molar-refractivity contribution in [3.05, 3.63) is 0 Å². The summed E-state index contributed by atoms with van der Waals surface area (Å²) in [4.78, 5) is 10.4. The van der Waals surface area contributed by atoms with E-state index >= 15 is 0 Å². The maximum atomic E-state index is 11.6. The Morgan fingerprint density at radius 2 is 2.09 bits per heavy atom. The number of rotatable bonds is 6. The van der Waals surface area contributed by atoms with Crippen molar-refractivity contribution in [2.45, 2.75) is 38.3 Å². The van der Waals surface area contributed by atoms with E-state index in [1.807, 2.05) is 0 Å². The molecule has 0 aromatic heterocycles. The minimum absolute atomic E-state index is 0.156. The fourth-order valence-corrected chi connectivity index (χ4v) is 1.80. The van der Waals surface area contributed by atoms with E-state index in [1.165, 1.54) is 6.92 Å². The molecule has 66 valence electrons. The molecule has 0 rings (SSSR count). The van der Waals surface area contributed by atoms with E-state index in [2.05, 4.69) is 0 Å². The lowest BCUT2D eigenvalue weighted by Gasteiger charge is -1.97. The summed E-state index contributed by atoms with van der Waals surface area (Å²) in [7, 11) is -1.14. The average Bonchev–Trinajstić information content (AvgIpc) is 1.85. The highest BCUT2D eigenvalue weighted by Crippen LogP contribution is 2.03. The van der Waals surface area contributed by atoms with Crippen LogP contribution in [0.3, 0.4) is 0 Å². The maximum absolute atomic E-state index is 11.6. The second kappa shape index (κ2) is 6.46. The molecule has 0 aliphatic heterocycles. The first-order valence-corrected chi connectivity index (χ1v) is 5.72. The minimum atomic E-state index is -2.05. The van der Waals surface area contributed by atoms with Gasteiger partial charge in [-0.1, -0.05) is 12.5 Å². The fraction of sp³-hybridized carbons (Fsp3) is 0.857. The quantitative estimate of drug-likeness (QED) is 0.448. The zero-order valence-electron chi connectivity index (χ0n) is 6.78. The van der Waals surface area contributed by atoms with Crippen molar-refractivity contribution in [1.29, 1.82) is 0 Å². The molecule has 0 radical (unpaired) electrons. The SMILES string of the molecule is CC(=O)CCCC[SiH2]C(F)F. The summed E-state index contributed by atoms with van der Waals surface area (Å²) in [5, 5.41) is 0. The van der Waals surface area contributed by atoms with Gasteiger partial charge in [0, 0.05) is 6.42 Å². The monoisotopic (exact) mass is 180 g/mol. The van der Waals surface area contributed by atoms with Crippen molar-refractivity contribution in [3.63, 3.8) is 0 Å². The van der Waals surface area contributed by atoms with Gasteiger partial charge in [-0.05, 0) is 13.3 Å². The van der Waals surface area contributed by atoms with Crippen LogP contribution in [-0.4, -0.2) is 21.4 Å². The Hall–Kier alpha value is -0.253. The third kappa shape index (κ3) is 9.75. The van der Waals surface area contributed by atoms with Crippen LogP contribution in [0, 0.1) is 0 Å². The lowest BCUT2D eigenvalue weighted by atomic mass is 10.2. The van der Waals surface area contributed by atoms with Gasteiger partial charge in [0.15, 0.2) is 0 Å². The van der Waals surface area contributed by atoms with Crippen LogP contribution in [0.5, 0.6) is 0 Å². The van der Waals surface area contributed by atoms with Gasteiger partial charge in [-0.2, -0.15) is 0 Å². The molecule has 4 heteroatoms. The van der Waals surface area contributed by atoms with Crippen LogP contribution in [0.25, 0.3) is 0 Å². The van der Waals surface area contributed by atoms with Gasteiger partial charge in [-0.25, -0.2) is 8.78 Å². The van der Waals surface area contributed by atoms with Crippen molar-refractivity contribution in [1.82, 2.24) is 0 Å². The lowest BCUT2D eigenvalue weighted by molar-refractivity contribution is -0.117. The molecule has 0 aliphatic rings. The first kappa shape index (κ1) is 10.7. The average molecular weight is 180 g/mol. The molecule has 0 unspecified atom stereocenters. The molecule has 0 aromatic rings. The Bertz CT molecular complexity index is 117. The lowest BCUT2D eigenvalue weighted by Crippen LogP contribution is -2.03. The second-order valence-corrected chi connectivity index (χ2v) is 4.59. The fourth-order valence-electron chi connectivity index (χ4n) is 0.849. The number of halogens is 2. The number of hydrogen-bond acceptors (Lipinski definition) is 1. The Balaban J connectivity index is 2.97. The number of unbranched alkanes of at least 4 members (excludes halogenated alkanes) is 1. The first-order valence-electron chi connectivity index (χ1n) is 3.90. The van der Waals surface area contributed by atoms with Crippen LogP contribution in [0.15, 0.2) is 0 Å². The third-order valence-corrected chi connectivity index (χ3v) is 2.80. The van der Waals surface area contributed by atoms with Crippen LogP contribution in [0.2, 0.25) is 6.04 Å². The number of hydrogen-bond donors (Lipinski definition) is 0. The maximum Gasteiger partial charge on any atom is 0.214 e. The number of carbonyl (C=O) groups excluding carboxylic acids is 1. The smallest absolute Gasteiger partial charge is 0.214 e. The van der Waals surface area contributed by atoms with E-state index < -0.39 is 15.6 Å². The molecule has 11 heavy (non-hydrogen) atoms. The van der Waals surface area contributed by atoms with Crippen LogP contribution < -0.4 is 0 Å². The van der Waals surface area contributed by atoms with Crippen molar-refractivity contribution in [2.24, 2.45) is 0 Å². The van der Waals surface area contributed by atoms with Crippen molar-refractivity contribution >= 4 is 15.3 Å². The number of Topliss-reactive ketones (excluding diaryl/α,β-unsaturated/α-hetero) is 1. The minimum Gasteiger partial charge on any atom is -0.300 e. The van der Waals surface area contributed by atoms with E-state index in [1.54, 1.807) is 0 Å². The van der Waals surface area contributed by atoms with Gasteiger partial charge in [0.05, 0.1) is 0 Å². The van der Waals surface area contributed by atoms with Gasteiger partial charge in [-0.15, -0.1) is 0 Å². The van der Waals surface area contributed by atoms with Gasteiger partial charge in [0.1, 0.15) is 15.3 Å². The summed E-state index contributed by atoms with van der Waals surface area (Å²) in [6, 6.07) is -1.38. The van der Waals surface area contributed by atoms with E-state index in [-0.39, 0.29) is 5.78 Å². The van der Waals surface area contributed by atoms with Gasteiger partial charge >= 0.3 is 0 Å². The van der Waals surface area contributed by atoms with Crippen LogP contribution in [0.4, 0.5) is 8.78 Å². The summed E-state index contributed by atoms with van der Waals surface area (Å²) < 4.78 is 23.2. The molecule has 0 bridgehead atoms. The summed E-state index contributed by atoms with van der Waals surface area (Å²) in [6.45, 7) is 1.53. The first-order chi connectivity index (χ1) is 5.13. The highest BCUT2D eigenvalue weighted by Gasteiger charge is 2.02. The molecule has 1 nitrogen and oxygen atoms in total. The summed E-state index contributed by atoms with van der Waals surface area (Å²) in [5.74, 6) is 0.156. The number of alkyl halides is 2. The van der Waals surface area contributed by atoms with Crippen LogP contribution in [0.1, 0.15) is 26.2 Å². The zero-order chi connectivity index (χ0) is 8.69. The molecule has 0 aliphatic carbocycles. The van der Waals surface area contributed by atoms with Crippen molar-refractivity contribution in [3.8, 4) is 0 Å². The predicted molar refractivity (Wildman–Crippen MR) is 43.9 cm³/mol. The zero-order valence-corrected chi connectivity index (χ0v) is 8.19. The largest absolute Gasteiger partial charge is 0.300 e. The molecule has 0 atom stereocenters. The van der Waals surface area contributed by atoms with Gasteiger partial charge in [-0.3, -0.25) is 0 Å². The molecule has 0 aromatic carbocycles. The summed E-state index contributed by atoms with van der Waals surface area (Å²) in [6.07, 6.45) is 2.14. The standard InChI is InChI=1S/C7H14F2OSi/c1-6(10)4-2-3-5-11-7(8)9/h7H,2-5,11H2,1H3. The molecule has 0 saturated heterocycles. The molecule has 0 spiro atoms. The van der Waals surface area contributed by atoms with Crippen molar-refractivity contribution in [2.75, 3.05) is 0 Å². The molecular weight excluding hydrogens is 166 g/mol. The topological polar surface area (TPSA) is 17.1 Å². The van der Waals surface area contributed by atoms with Crippen LogP contribution in [-0.2, 0) is 4.79 Å². The Morgan fingerprint density at radius 1 is 1.45 bits per heavy atom. The summed E-state index contributed by atoms with van der Waals surface area (Å²) >= 11 is 0. The molecule has 0 amide bonds. The van der Waals surface area contributed by atoms with E-state index in [9.17, 15) is 13.6 Å². The third-order valence-electron chi connectivity index (χ3n) is 1.45. The van der Waals surface area contributed by atoms with Gasteiger partial charge in [0.25, 0.3) is 0 Å². The molecular formula is C7H14F2OSi. The second-order valence-electron chi connectivity index (χ2n) is 2.69. The molecule has 0 heterocycles. The molecule has 0 saturated carbocycles.